The molecule has 0 aromatic carbocycles. The number of hydrogen-bond acceptors (Lipinski definition) is 4. The first-order chi connectivity index (χ1) is 8.63. The minimum atomic E-state index is -0.345. The lowest BCUT2D eigenvalue weighted by Gasteiger charge is -2.21. The molecule has 2 heterocycles. The molecule has 0 aromatic heterocycles. The summed E-state index contributed by atoms with van der Waals surface area (Å²) in [5, 5.41) is 0. The van der Waals surface area contributed by atoms with Crippen molar-refractivity contribution in [2.45, 2.75) is 12.8 Å². The smallest absolute Gasteiger partial charge is 0.223 e. The van der Waals surface area contributed by atoms with Gasteiger partial charge in [-0.1, -0.05) is 0 Å². The van der Waals surface area contributed by atoms with Gasteiger partial charge >= 0.3 is 0 Å². The first-order valence-electron chi connectivity index (χ1n) is 5.95. The summed E-state index contributed by atoms with van der Waals surface area (Å²) in [6, 6.07) is 0. The third kappa shape index (κ3) is 2.57. The van der Waals surface area contributed by atoms with E-state index in [0.29, 0.717) is 26.2 Å². The van der Waals surface area contributed by atoms with E-state index < -0.39 is 0 Å². The van der Waals surface area contributed by atoms with E-state index in [2.05, 4.69) is 0 Å². The van der Waals surface area contributed by atoms with Gasteiger partial charge in [0.05, 0.1) is 11.8 Å². The zero-order valence-electron chi connectivity index (χ0n) is 9.92. The lowest BCUT2D eigenvalue weighted by atomic mass is 10.1. The molecule has 0 bridgehead atoms. The summed E-state index contributed by atoms with van der Waals surface area (Å²) in [4.78, 5) is 47.2. The number of carbonyl (C=O) groups is 2. The normalized spacial score (nSPS) is 28.0. The van der Waals surface area contributed by atoms with Crippen molar-refractivity contribution in [3.8, 4) is 0 Å². The van der Waals surface area contributed by atoms with E-state index in [0.717, 1.165) is 0 Å². The van der Waals surface area contributed by atoms with Crippen LogP contribution in [0.2, 0.25) is 0 Å². The number of likely N-dealkylation sites (tertiary alicyclic amines) is 2. The molecule has 0 N–H and O–H groups in total. The van der Waals surface area contributed by atoms with Crippen molar-refractivity contribution < 1.29 is 19.2 Å². The molecular weight excluding hydrogens is 236 g/mol. The zero-order chi connectivity index (χ0) is 13.1. The van der Waals surface area contributed by atoms with Gasteiger partial charge in [-0.05, 0) is 0 Å². The first-order valence-corrected chi connectivity index (χ1v) is 5.95. The average Bonchev–Trinajstić information content (AvgIpc) is 2.90. The molecule has 2 aliphatic rings. The molecule has 2 rings (SSSR count). The van der Waals surface area contributed by atoms with Crippen LogP contribution in [0.5, 0.6) is 0 Å². The molecule has 2 fully saturated rings. The van der Waals surface area contributed by atoms with Crippen molar-refractivity contribution in [2.75, 3.05) is 26.2 Å². The van der Waals surface area contributed by atoms with Gasteiger partial charge in [0.1, 0.15) is 0 Å². The van der Waals surface area contributed by atoms with Gasteiger partial charge in [-0.3, -0.25) is 19.2 Å². The molecule has 96 valence electrons. The second-order valence-electron chi connectivity index (χ2n) is 4.72. The summed E-state index contributed by atoms with van der Waals surface area (Å²) in [6.07, 6.45) is 4.09. The molecule has 2 atom stereocenters. The average molecular weight is 250 g/mol. The van der Waals surface area contributed by atoms with E-state index in [1.165, 1.54) is 0 Å². The van der Waals surface area contributed by atoms with Gasteiger partial charge < -0.3 is 9.80 Å². The van der Waals surface area contributed by atoms with Gasteiger partial charge in [0, 0.05) is 39.0 Å². The quantitative estimate of drug-likeness (QED) is 0.621. The Morgan fingerprint density at radius 1 is 0.889 bits per heavy atom. The molecule has 2 saturated heterocycles. The molecule has 2 amide bonds. The molecule has 0 aromatic rings. The third-order valence-electron chi connectivity index (χ3n) is 3.40. The van der Waals surface area contributed by atoms with Gasteiger partial charge in [0.25, 0.3) is 0 Å². The van der Waals surface area contributed by atoms with Crippen molar-refractivity contribution >= 4 is 24.4 Å². The molecular formula is C12H14N2O4. The number of hydrogen-bond donors (Lipinski definition) is 0. The predicted molar refractivity (Wildman–Crippen MR) is 60.8 cm³/mol. The number of amides is 2. The van der Waals surface area contributed by atoms with Gasteiger partial charge in [0.2, 0.25) is 24.4 Å². The van der Waals surface area contributed by atoms with Gasteiger partial charge in [-0.25, -0.2) is 0 Å². The van der Waals surface area contributed by atoms with Crippen LogP contribution in [0.1, 0.15) is 12.8 Å². The van der Waals surface area contributed by atoms with E-state index in [1.807, 2.05) is 12.6 Å². The number of nitrogens with zero attached hydrogens (tertiary/aromatic N) is 2. The standard InChI is InChI=1S/C12H14N2O4/c15-7-9-3-11(17)13(5-9)1-2-14-6-10(8-16)4-12(14)18/h9-10H,1-6H2. The van der Waals surface area contributed by atoms with Crippen LogP contribution in [0.15, 0.2) is 0 Å². The van der Waals surface area contributed by atoms with E-state index in [4.69, 9.17) is 0 Å². The third-order valence-corrected chi connectivity index (χ3v) is 3.40. The number of rotatable bonds is 5. The van der Waals surface area contributed by atoms with Crippen LogP contribution in [-0.2, 0) is 19.2 Å². The Kier molecular flexibility index (Phi) is 3.74. The molecule has 0 aliphatic carbocycles. The Morgan fingerprint density at radius 2 is 1.28 bits per heavy atom. The Bertz CT molecular complexity index is 346. The van der Waals surface area contributed by atoms with E-state index >= 15 is 0 Å². The SMILES string of the molecule is O=[C]C1CC(=O)N(CCN2CC([C]=O)CC2=O)C1. The Labute approximate surface area is 105 Å². The summed E-state index contributed by atoms with van der Waals surface area (Å²) in [5.74, 6) is -0.840. The molecule has 0 saturated carbocycles. The summed E-state index contributed by atoms with van der Waals surface area (Å²) in [7, 11) is 0. The molecule has 6 heteroatoms. The summed E-state index contributed by atoms with van der Waals surface area (Å²) < 4.78 is 0. The van der Waals surface area contributed by atoms with E-state index in [1.54, 1.807) is 9.80 Å². The highest BCUT2D eigenvalue weighted by molar-refractivity contribution is 5.84. The highest BCUT2D eigenvalue weighted by Crippen LogP contribution is 2.18. The van der Waals surface area contributed by atoms with Crippen LogP contribution in [0.3, 0.4) is 0 Å². The molecule has 6 nitrogen and oxygen atoms in total. The maximum absolute atomic E-state index is 11.5. The fourth-order valence-corrected chi connectivity index (χ4v) is 2.38. The molecule has 2 unspecified atom stereocenters. The number of carbonyl (C=O) groups excluding carboxylic acids is 4. The summed E-state index contributed by atoms with van der Waals surface area (Å²) in [6.45, 7) is 1.59. The highest BCUT2D eigenvalue weighted by Gasteiger charge is 2.33. The van der Waals surface area contributed by atoms with Gasteiger partial charge in [-0.2, -0.15) is 0 Å². The predicted octanol–water partition coefficient (Wildman–Crippen LogP) is -1.10. The van der Waals surface area contributed by atoms with Crippen molar-refractivity contribution in [3.05, 3.63) is 0 Å². The van der Waals surface area contributed by atoms with Crippen molar-refractivity contribution in [1.82, 2.24) is 9.80 Å². The maximum atomic E-state index is 11.5. The van der Waals surface area contributed by atoms with Crippen molar-refractivity contribution in [3.63, 3.8) is 0 Å². The Balaban J connectivity index is 1.82. The molecule has 18 heavy (non-hydrogen) atoms. The Hall–Kier alpha value is -1.72. The van der Waals surface area contributed by atoms with E-state index in [-0.39, 0.29) is 36.5 Å². The fraction of sp³-hybridized carbons (Fsp3) is 0.667. The Morgan fingerprint density at radius 3 is 1.56 bits per heavy atom. The highest BCUT2D eigenvalue weighted by atomic mass is 16.2. The van der Waals surface area contributed by atoms with E-state index in [9.17, 15) is 19.2 Å². The largest absolute Gasteiger partial charge is 0.340 e. The van der Waals surface area contributed by atoms with Crippen molar-refractivity contribution in [2.24, 2.45) is 11.8 Å². The zero-order valence-corrected chi connectivity index (χ0v) is 9.92. The topological polar surface area (TPSA) is 74.8 Å². The minimum Gasteiger partial charge on any atom is -0.340 e. The van der Waals surface area contributed by atoms with Gasteiger partial charge in [-0.15, -0.1) is 0 Å². The maximum Gasteiger partial charge on any atom is 0.223 e. The van der Waals surface area contributed by atoms with Crippen LogP contribution in [-0.4, -0.2) is 60.4 Å². The first kappa shape index (κ1) is 12.7. The van der Waals surface area contributed by atoms with Crippen LogP contribution in [0.4, 0.5) is 0 Å². The fourth-order valence-electron chi connectivity index (χ4n) is 2.38. The monoisotopic (exact) mass is 250 g/mol. The van der Waals surface area contributed by atoms with Crippen molar-refractivity contribution in [1.29, 1.82) is 0 Å². The second kappa shape index (κ2) is 5.29. The molecule has 2 aliphatic heterocycles. The van der Waals surface area contributed by atoms with Gasteiger partial charge in [0.15, 0.2) is 0 Å². The lowest BCUT2D eigenvalue weighted by molar-refractivity contribution is -0.131. The lowest BCUT2D eigenvalue weighted by Crippen LogP contribution is -2.37. The molecule has 0 spiro atoms. The van der Waals surface area contributed by atoms with Crippen LogP contribution in [0, 0.1) is 11.8 Å². The minimum absolute atomic E-state index is 0.0755. The van der Waals surface area contributed by atoms with Crippen LogP contribution in [0.25, 0.3) is 0 Å². The van der Waals surface area contributed by atoms with Crippen LogP contribution < -0.4 is 0 Å². The second-order valence-corrected chi connectivity index (χ2v) is 4.72. The summed E-state index contributed by atoms with van der Waals surface area (Å²) >= 11 is 0. The summed E-state index contributed by atoms with van der Waals surface area (Å²) in [5.41, 5.74) is 0. The molecule has 2 radical (unpaired) electrons. The van der Waals surface area contributed by atoms with Crippen LogP contribution >= 0.6 is 0 Å².